The Morgan fingerprint density at radius 1 is 1.00 bits per heavy atom. The Morgan fingerprint density at radius 3 is 2.27 bits per heavy atom. The maximum absolute atomic E-state index is 12.6. The molecular weight excluding hydrogens is 332 g/mol. The molecule has 2 aromatic rings. The molecule has 2 aromatic carbocycles. The largest absolute Gasteiger partial charge is 0.478 e. The van der Waals surface area contributed by atoms with Crippen LogP contribution in [-0.4, -0.2) is 41.4 Å². The van der Waals surface area contributed by atoms with Crippen molar-refractivity contribution in [1.82, 2.24) is 10.2 Å². The van der Waals surface area contributed by atoms with Gasteiger partial charge < -0.3 is 15.3 Å². The second-order valence-corrected chi connectivity index (χ2v) is 6.00. The Morgan fingerprint density at radius 2 is 1.65 bits per heavy atom. The van der Waals surface area contributed by atoms with Crippen LogP contribution in [0.15, 0.2) is 48.5 Å². The van der Waals surface area contributed by atoms with Crippen molar-refractivity contribution >= 4 is 17.8 Å². The topological polar surface area (TPSA) is 86.7 Å². The normalized spacial score (nSPS) is 10.2. The van der Waals surface area contributed by atoms with Crippen LogP contribution in [0.3, 0.4) is 0 Å². The van der Waals surface area contributed by atoms with Crippen LogP contribution in [0.2, 0.25) is 0 Å². The number of hydrogen-bond acceptors (Lipinski definition) is 3. The molecule has 0 saturated heterocycles. The first kappa shape index (κ1) is 19.2. The lowest BCUT2D eigenvalue weighted by Crippen LogP contribution is -2.27. The third kappa shape index (κ3) is 4.92. The molecule has 26 heavy (non-hydrogen) atoms. The van der Waals surface area contributed by atoms with Crippen LogP contribution >= 0.6 is 0 Å². The van der Waals surface area contributed by atoms with Crippen molar-refractivity contribution in [3.63, 3.8) is 0 Å². The number of carbonyl (C=O) groups excluding carboxylic acids is 2. The van der Waals surface area contributed by atoms with Gasteiger partial charge in [-0.25, -0.2) is 4.79 Å². The Balaban J connectivity index is 2.07. The third-order valence-corrected chi connectivity index (χ3v) is 3.87. The molecule has 0 saturated carbocycles. The van der Waals surface area contributed by atoms with Crippen LogP contribution in [0.25, 0.3) is 0 Å². The van der Waals surface area contributed by atoms with E-state index in [0.29, 0.717) is 24.2 Å². The smallest absolute Gasteiger partial charge is 0.335 e. The van der Waals surface area contributed by atoms with Gasteiger partial charge in [0.2, 0.25) is 0 Å². The molecule has 0 unspecified atom stereocenters. The van der Waals surface area contributed by atoms with E-state index in [1.54, 1.807) is 43.4 Å². The van der Waals surface area contributed by atoms with Crippen molar-refractivity contribution < 1.29 is 19.5 Å². The number of carbonyl (C=O) groups is 3. The first-order chi connectivity index (χ1) is 12.4. The molecular formula is C20H22N2O4. The van der Waals surface area contributed by atoms with Gasteiger partial charge in [-0.1, -0.05) is 25.1 Å². The minimum Gasteiger partial charge on any atom is -0.478 e. The molecule has 0 bridgehead atoms. The minimum atomic E-state index is -0.987. The fourth-order valence-electron chi connectivity index (χ4n) is 2.45. The minimum absolute atomic E-state index is 0.201. The van der Waals surface area contributed by atoms with Crippen LogP contribution in [-0.2, 0) is 6.54 Å². The Hall–Kier alpha value is -3.15. The number of nitrogens with one attached hydrogen (secondary N) is 1. The van der Waals surface area contributed by atoms with Crippen molar-refractivity contribution in [2.75, 3.05) is 13.6 Å². The second kappa shape index (κ2) is 8.80. The number of carboxylic acids is 1. The van der Waals surface area contributed by atoms with Gasteiger partial charge in [0.05, 0.1) is 5.56 Å². The lowest BCUT2D eigenvalue weighted by molar-refractivity contribution is 0.0695. The molecule has 0 aromatic heterocycles. The number of rotatable bonds is 7. The Bertz CT molecular complexity index is 800. The van der Waals surface area contributed by atoms with Crippen molar-refractivity contribution in [2.45, 2.75) is 19.9 Å². The first-order valence-electron chi connectivity index (χ1n) is 8.38. The molecule has 0 spiro atoms. The van der Waals surface area contributed by atoms with Gasteiger partial charge in [-0.3, -0.25) is 9.59 Å². The van der Waals surface area contributed by atoms with E-state index in [2.05, 4.69) is 5.32 Å². The first-order valence-corrected chi connectivity index (χ1v) is 8.38. The number of hydrogen-bond donors (Lipinski definition) is 2. The van der Waals surface area contributed by atoms with Gasteiger partial charge in [0.25, 0.3) is 11.8 Å². The van der Waals surface area contributed by atoms with Crippen molar-refractivity contribution in [2.24, 2.45) is 0 Å². The predicted octanol–water partition coefficient (Wildman–Crippen LogP) is 2.80. The summed E-state index contributed by atoms with van der Waals surface area (Å²) in [5, 5.41) is 11.7. The van der Waals surface area contributed by atoms with Crippen LogP contribution in [0.5, 0.6) is 0 Å². The van der Waals surface area contributed by atoms with Crippen molar-refractivity contribution in [3.8, 4) is 0 Å². The molecule has 136 valence electrons. The summed E-state index contributed by atoms with van der Waals surface area (Å²) in [6, 6.07) is 13.0. The highest BCUT2D eigenvalue weighted by atomic mass is 16.4. The number of aromatic carboxylic acids is 1. The molecule has 0 aliphatic heterocycles. The quantitative estimate of drug-likeness (QED) is 0.800. The number of carboxylic acid groups (broad SMARTS) is 1. The summed E-state index contributed by atoms with van der Waals surface area (Å²) in [5.74, 6) is -1.40. The lowest BCUT2D eigenvalue weighted by Gasteiger charge is -2.18. The van der Waals surface area contributed by atoms with Gasteiger partial charge >= 0.3 is 5.97 Å². The van der Waals surface area contributed by atoms with E-state index in [-0.39, 0.29) is 17.4 Å². The predicted molar refractivity (Wildman–Crippen MR) is 98.3 cm³/mol. The van der Waals surface area contributed by atoms with Crippen LogP contribution < -0.4 is 5.32 Å². The summed E-state index contributed by atoms with van der Waals surface area (Å²) < 4.78 is 0. The van der Waals surface area contributed by atoms with Crippen molar-refractivity contribution in [3.05, 3.63) is 70.8 Å². The van der Waals surface area contributed by atoms with E-state index < -0.39 is 5.97 Å². The molecule has 0 radical (unpaired) electrons. The van der Waals surface area contributed by atoms with E-state index in [1.807, 2.05) is 6.92 Å². The SMILES string of the molecule is CCCNC(=O)c1cccc(C(=O)N(C)Cc2ccc(C(=O)O)cc2)c1. The zero-order valence-electron chi connectivity index (χ0n) is 14.9. The summed E-state index contributed by atoms with van der Waals surface area (Å²) in [6.45, 7) is 2.90. The summed E-state index contributed by atoms with van der Waals surface area (Å²) in [5.41, 5.74) is 1.90. The number of amides is 2. The fraction of sp³-hybridized carbons (Fsp3) is 0.250. The van der Waals surface area contributed by atoms with Gasteiger partial charge in [-0.2, -0.15) is 0 Å². The molecule has 0 atom stereocenters. The van der Waals surface area contributed by atoms with Crippen molar-refractivity contribution in [1.29, 1.82) is 0 Å². The second-order valence-electron chi connectivity index (χ2n) is 6.00. The van der Waals surface area contributed by atoms with E-state index in [4.69, 9.17) is 5.11 Å². The zero-order valence-corrected chi connectivity index (χ0v) is 14.9. The molecule has 0 heterocycles. The summed E-state index contributed by atoms with van der Waals surface area (Å²) >= 11 is 0. The lowest BCUT2D eigenvalue weighted by atomic mass is 10.1. The summed E-state index contributed by atoms with van der Waals surface area (Å²) in [4.78, 5) is 37.1. The van der Waals surface area contributed by atoms with E-state index in [9.17, 15) is 14.4 Å². The van der Waals surface area contributed by atoms with Crippen LogP contribution in [0.1, 0.15) is 50.0 Å². The molecule has 6 heteroatoms. The number of nitrogens with zero attached hydrogens (tertiary/aromatic N) is 1. The monoisotopic (exact) mass is 354 g/mol. The highest BCUT2D eigenvalue weighted by Crippen LogP contribution is 2.12. The molecule has 0 fully saturated rings. The maximum Gasteiger partial charge on any atom is 0.335 e. The Labute approximate surface area is 152 Å². The zero-order chi connectivity index (χ0) is 19.1. The van der Waals surface area contributed by atoms with Gasteiger partial charge in [0.15, 0.2) is 0 Å². The molecule has 0 aliphatic carbocycles. The van der Waals surface area contributed by atoms with E-state index in [1.165, 1.54) is 17.0 Å². The molecule has 6 nitrogen and oxygen atoms in total. The standard InChI is InChI=1S/C20H22N2O4/c1-3-11-21-18(23)16-5-4-6-17(12-16)19(24)22(2)13-14-7-9-15(10-8-14)20(25)26/h4-10,12H,3,11,13H2,1-2H3,(H,21,23)(H,25,26). The summed E-state index contributed by atoms with van der Waals surface area (Å²) in [6.07, 6.45) is 0.841. The highest BCUT2D eigenvalue weighted by molar-refractivity contribution is 5.99. The summed E-state index contributed by atoms with van der Waals surface area (Å²) in [7, 11) is 1.66. The number of benzene rings is 2. The highest BCUT2D eigenvalue weighted by Gasteiger charge is 2.14. The average Bonchev–Trinajstić information content (AvgIpc) is 2.65. The fourth-order valence-corrected chi connectivity index (χ4v) is 2.45. The Kier molecular flexibility index (Phi) is 6.49. The molecule has 2 N–H and O–H groups in total. The van der Waals surface area contributed by atoms with Gasteiger partial charge in [-0.05, 0) is 42.3 Å². The van der Waals surface area contributed by atoms with Gasteiger partial charge in [-0.15, -0.1) is 0 Å². The van der Waals surface area contributed by atoms with Crippen LogP contribution in [0, 0.1) is 0 Å². The maximum atomic E-state index is 12.6. The molecule has 2 rings (SSSR count). The van der Waals surface area contributed by atoms with Gasteiger partial charge in [0.1, 0.15) is 0 Å². The third-order valence-electron chi connectivity index (χ3n) is 3.87. The van der Waals surface area contributed by atoms with Gasteiger partial charge in [0, 0.05) is 31.3 Å². The van der Waals surface area contributed by atoms with E-state index in [0.717, 1.165) is 12.0 Å². The van der Waals surface area contributed by atoms with E-state index >= 15 is 0 Å². The molecule has 2 amide bonds. The van der Waals surface area contributed by atoms with Crippen LogP contribution in [0.4, 0.5) is 0 Å². The average molecular weight is 354 g/mol. The molecule has 0 aliphatic rings.